The first-order valence-corrected chi connectivity index (χ1v) is 6.42. The molecule has 1 aliphatic rings. The lowest BCUT2D eigenvalue weighted by atomic mass is 10.0. The Morgan fingerprint density at radius 2 is 2.00 bits per heavy atom. The Morgan fingerprint density at radius 3 is 2.45 bits per heavy atom. The molecule has 0 amide bonds. The molecule has 0 aromatic carbocycles. The van der Waals surface area contributed by atoms with Crippen LogP contribution in [0.25, 0.3) is 0 Å². The van der Waals surface area contributed by atoms with Crippen LogP contribution in [0, 0.1) is 6.92 Å². The van der Waals surface area contributed by atoms with Crippen molar-refractivity contribution in [3.05, 3.63) is 17.5 Å². The van der Waals surface area contributed by atoms with Gasteiger partial charge in [-0.1, -0.05) is 0 Å². The van der Waals surface area contributed by atoms with Crippen molar-refractivity contribution in [3.63, 3.8) is 0 Å². The van der Waals surface area contributed by atoms with Crippen LogP contribution in [-0.2, 0) is 10.9 Å². The van der Waals surface area contributed by atoms with Gasteiger partial charge in [-0.3, -0.25) is 0 Å². The molecule has 5 N–H and O–H groups in total. The van der Waals surface area contributed by atoms with Crippen LogP contribution < -0.4 is 5.73 Å². The number of alkyl halides is 3. The third-order valence-electron chi connectivity index (χ3n) is 2.86. The number of aliphatic hydroxyl groups excluding tert-OH is 3. The Bertz CT molecular complexity index is 467. The highest BCUT2D eigenvalue weighted by Crippen LogP contribution is 2.27. The number of hydrogen-bond acceptors (Lipinski definition) is 7. The Hall–Kier alpha value is -1.49. The van der Waals surface area contributed by atoms with Crippen LogP contribution in [0.4, 0.5) is 19.1 Å². The summed E-state index contributed by atoms with van der Waals surface area (Å²) in [5.41, 5.74) is 4.23. The van der Waals surface area contributed by atoms with Crippen LogP contribution in [0.5, 0.6) is 0 Å². The number of aryl methyl sites for hydroxylation is 1. The van der Waals surface area contributed by atoms with Gasteiger partial charge in [0.05, 0.1) is 12.7 Å². The maximum absolute atomic E-state index is 12.0. The van der Waals surface area contributed by atoms with Crippen molar-refractivity contribution >= 4 is 5.95 Å². The molecule has 1 aromatic rings. The molecule has 1 aliphatic heterocycles. The molecule has 22 heavy (non-hydrogen) atoms. The van der Waals surface area contributed by atoms with Gasteiger partial charge in [-0.15, -0.1) is 0 Å². The van der Waals surface area contributed by atoms with E-state index in [0.29, 0.717) is 13.0 Å². The number of rotatable bonds is 1. The van der Waals surface area contributed by atoms with Crippen molar-refractivity contribution < 1.29 is 33.2 Å². The third kappa shape index (κ3) is 5.37. The van der Waals surface area contributed by atoms with Gasteiger partial charge >= 0.3 is 6.18 Å². The molecule has 2 heterocycles. The average Bonchev–Trinajstić information content (AvgIpc) is 2.40. The van der Waals surface area contributed by atoms with Crippen LogP contribution in [0.15, 0.2) is 6.07 Å². The van der Waals surface area contributed by atoms with Gasteiger partial charge in [0.1, 0.15) is 17.9 Å². The quantitative estimate of drug-likeness (QED) is 0.567. The Kier molecular flexibility index (Phi) is 6.48. The second-order valence-electron chi connectivity index (χ2n) is 4.69. The first kappa shape index (κ1) is 18.6. The molecule has 3 unspecified atom stereocenters. The van der Waals surface area contributed by atoms with E-state index >= 15 is 0 Å². The summed E-state index contributed by atoms with van der Waals surface area (Å²) >= 11 is 0. The first-order chi connectivity index (χ1) is 10.1. The molecule has 0 bridgehead atoms. The summed E-state index contributed by atoms with van der Waals surface area (Å²) in [4.78, 5) is 6.56. The molecule has 3 atom stereocenters. The number of nitrogen functional groups attached to an aromatic ring is 1. The molecular weight excluding hydrogens is 307 g/mol. The maximum Gasteiger partial charge on any atom is 0.433 e. The number of ether oxygens (including phenoxy) is 1. The van der Waals surface area contributed by atoms with E-state index in [0.717, 1.165) is 6.07 Å². The zero-order valence-corrected chi connectivity index (χ0v) is 11.8. The molecule has 7 nitrogen and oxygen atoms in total. The van der Waals surface area contributed by atoms with Crippen molar-refractivity contribution in [2.24, 2.45) is 0 Å². The van der Waals surface area contributed by atoms with Gasteiger partial charge in [-0.05, 0) is 19.4 Å². The van der Waals surface area contributed by atoms with E-state index in [1.54, 1.807) is 0 Å². The highest BCUT2D eigenvalue weighted by molar-refractivity contribution is 5.23. The molecule has 0 spiro atoms. The second-order valence-corrected chi connectivity index (χ2v) is 4.69. The fourth-order valence-corrected chi connectivity index (χ4v) is 1.75. The second kappa shape index (κ2) is 7.68. The van der Waals surface area contributed by atoms with Crippen molar-refractivity contribution in [2.45, 2.75) is 37.8 Å². The minimum Gasteiger partial charge on any atom is -0.394 e. The molecule has 1 saturated heterocycles. The normalized spacial score (nSPS) is 25.3. The number of nitrogens with two attached hydrogens (primary N) is 1. The van der Waals surface area contributed by atoms with Crippen LogP contribution in [0.1, 0.15) is 17.8 Å². The molecule has 0 radical (unpaired) electrons. The van der Waals surface area contributed by atoms with E-state index in [2.05, 4.69) is 9.97 Å². The molecule has 1 fully saturated rings. The Labute approximate surface area is 124 Å². The van der Waals surface area contributed by atoms with E-state index in [9.17, 15) is 13.2 Å². The smallest absolute Gasteiger partial charge is 0.394 e. The van der Waals surface area contributed by atoms with Gasteiger partial charge < -0.3 is 25.8 Å². The lowest BCUT2D eigenvalue weighted by molar-refractivity contribution is -0.147. The number of aliphatic hydroxyl groups is 3. The van der Waals surface area contributed by atoms with Crippen LogP contribution in [0.2, 0.25) is 0 Å². The van der Waals surface area contributed by atoms with Gasteiger partial charge in [0, 0.05) is 12.3 Å². The summed E-state index contributed by atoms with van der Waals surface area (Å²) in [6.45, 7) is 1.59. The van der Waals surface area contributed by atoms with Gasteiger partial charge in [0.25, 0.3) is 0 Å². The van der Waals surface area contributed by atoms with Crippen molar-refractivity contribution in [1.82, 2.24) is 9.97 Å². The molecule has 126 valence electrons. The highest BCUT2D eigenvalue weighted by Gasteiger charge is 2.33. The van der Waals surface area contributed by atoms with Gasteiger partial charge in [-0.25, -0.2) is 9.97 Å². The lowest BCUT2D eigenvalue weighted by Crippen LogP contribution is -2.46. The fourth-order valence-electron chi connectivity index (χ4n) is 1.75. The van der Waals surface area contributed by atoms with E-state index in [4.69, 9.17) is 25.8 Å². The van der Waals surface area contributed by atoms with Crippen molar-refractivity contribution in [1.29, 1.82) is 0 Å². The number of aromatic nitrogens is 2. The summed E-state index contributed by atoms with van der Waals surface area (Å²) in [6.07, 6.45) is -6.30. The first-order valence-electron chi connectivity index (χ1n) is 6.42. The van der Waals surface area contributed by atoms with Crippen LogP contribution >= 0.6 is 0 Å². The lowest BCUT2D eigenvalue weighted by Gasteiger charge is -2.30. The largest absolute Gasteiger partial charge is 0.433 e. The third-order valence-corrected chi connectivity index (χ3v) is 2.86. The van der Waals surface area contributed by atoms with E-state index in [1.165, 1.54) is 6.92 Å². The fraction of sp³-hybridized carbons (Fsp3) is 0.667. The summed E-state index contributed by atoms with van der Waals surface area (Å²) in [7, 11) is 0. The van der Waals surface area contributed by atoms with Crippen LogP contribution in [0.3, 0.4) is 0 Å². The number of halogens is 3. The van der Waals surface area contributed by atoms with E-state index in [1.807, 2.05) is 0 Å². The Balaban J connectivity index is 0.000000224. The Morgan fingerprint density at radius 1 is 1.36 bits per heavy atom. The van der Waals surface area contributed by atoms with Gasteiger partial charge in [0.15, 0.2) is 0 Å². The predicted octanol–water partition coefficient (Wildman–Crippen LogP) is -0.125. The van der Waals surface area contributed by atoms with Crippen LogP contribution in [-0.4, -0.2) is 56.8 Å². The summed E-state index contributed by atoms with van der Waals surface area (Å²) in [5.74, 6) is -0.359. The summed E-state index contributed by atoms with van der Waals surface area (Å²) in [5, 5.41) is 26.7. The standard InChI is InChI=1S/C6H6F3N3.C6H12O4/c1-3-2-4(6(7,8)9)12-5(10)11-3;7-3-5-6(9)4(8)1-2-10-5/h2H,1H3,(H2,10,11,12);4-9H,1-3H2. The summed E-state index contributed by atoms with van der Waals surface area (Å²) in [6, 6.07) is 0.844. The average molecular weight is 325 g/mol. The number of anilines is 1. The molecule has 10 heteroatoms. The minimum absolute atomic E-state index is 0.204. The van der Waals surface area contributed by atoms with E-state index < -0.39 is 30.2 Å². The molecule has 0 saturated carbocycles. The zero-order valence-electron chi connectivity index (χ0n) is 11.8. The SMILES string of the molecule is Cc1cc(C(F)(F)F)nc(N)n1.OCC1OCCC(O)C1O. The maximum atomic E-state index is 12.0. The van der Waals surface area contributed by atoms with Gasteiger partial charge in [0.2, 0.25) is 5.95 Å². The predicted molar refractivity (Wildman–Crippen MR) is 69.6 cm³/mol. The minimum atomic E-state index is -4.46. The van der Waals surface area contributed by atoms with Crippen molar-refractivity contribution in [2.75, 3.05) is 18.9 Å². The van der Waals surface area contributed by atoms with E-state index in [-0.39, 0.29) is 18.2 Å². The zero-order chi connectivity index (χ0) is 16.9. The number of hydrogen-bond donors (Lipinski definition) is 4. The molecule has 1 aromatic heterocycles. The molecule has 0 aliphatic carbocycles. The van der Waals surface area contributed by atoms with Crippen molar-refractivity contribution in [3.8, 4) is 0 Å². The monoisotopic (exact) mass is 325 g/mol. The molecule has 2 rings (SSSR count). The highest BCUT2D eigenvalue weighted by atomic mass is 19.4. The van der Waals surface area contributed by atoms with Gasteiger partial charge in [-0.2, -0.15) is 13.2 Å². The summed E-state index contributed by atoms with van der Waals surface area (Å²) < 4.78 is 41.0. The topological polar surface area (TPSA) is 122 Å². The number of nitrogens with zero attached hydrogens (tertiary/aromatic N) is 2. The molecular formula is C12H18F3N3O4.